The number of amides is 1. The van der Waals surface area contributed by atoms with Crippen molar-refractivity contribution in [2.75, 3.05) is 20.8 Å². The number of hydrogen-bond donors (Lipinski definition) is 1. The molecule has 1 N–H and O–H groups in total. The zero-order valence-electron chi connectivity index (χ0n) is 16.7. The van der Waals surface area contributed by atoms with Crippen molar-refractivity contribution in [2.45, 2.75) is 13.5 Å². The van der Waals surface area contributed by atoms with Crippen LogP contribution in [0, 0.1) is 6.92 Å². The van der Waals surface area contributed by atoms with Crippen LogP contribution in [0.1, 0.15) is 21.6 Å². The summed E-state index contributed by atoms with van der Waals surface area (Å²) in [5.41, 5.74) is 2.38. The van der Waals surface area contributed by atoms with Crippen molar-refractivity contribution in [1.82, 2.24) is 19.7 Å². The summed E-state index contributed by atoms with van der Waals surface area (Å²) in [7, 11) is 4.82. The van der Waals surface area contributed by atoms with Crippen molar-refractivity contribution >= 4 is 22.9 Å². The van der Waals surface area contributed by atoms with Gasteiger partial charge in [-0.15, -0.1) is 0 Å². The number of methoxy groups -OCH3 is 2. The van der Waals surface area contributed by atoms with Gasteiger partial charge in [-0.05, 0) is 30.7 Å². The highest BCUT2D eigenvalue weighted by atomic mass is 16.5. The molecule has 29 heavy (non-hydrogen) atoms. The van der Waals surface area contributed by atoms with Crippen LogP contribution in [0.5, 0.6) is 11.5 Å². The summed E-state index contributed by atoms with van der Waals surface area (Å²) >= 11 is 0. The van der Waals surface area contributed by atoms with Crippen LogP contribution in [-0.4, -0.2) is 57.4 Å². The molecular formula is C20H22N4O5. The lowest BCUT2D eigenvalue weighted by Crippen LogP contribution is -2.35. The highest BCUT2D eigenvalue weighted by Crippen LogP contribution is 2.24. The normalized spacial score (nSPS) is 10.8. The van der Waals surface area contributed by atoms with E-state index in [1.807, 2.05) is 6.92 Å². The molecule has 152 valence electrons. The van der Waals surface area contributed by atoms with Crippen LogP contribution in [0.25, 0.3) is 11.0 Å². The predicted octanol–water partition coefficient (Wildman–Crippen LogP) is 2.02. The van der Waals surface area contributed by atoms with Gasteiger partial charge in [0.15, 0.2) is 5.65 Å². The lowest BCUT2D eigenvalue weighted by atomic mass is 10.1. The first-order valence-electron chi connectivity index (χ1n) is 8.84. The molecule has 0 unspecified atom stereocenters. The Morgan fingerprint density at radius 1 is 1.14 bits per heavy atom. The van der Waals surface area contributed by atoms with E-state index >= 15 is 0 Å². The van der Waals surface area contributed by atoms with E-state index in [2.05, 4.69) is 10.1 Å². The van der Waals surface area contributed by atoms with E-state index in [9.17, 15) is 14.7 Å². The first-order valence-corrected chi connectivity index (χ1v) is 8.84. The molecule has 0 bridgehead atoms. The van der Waals surface area contributed by atoms with Crippen LogP contribution >= 0.6 is 0 Å². The van der Waals surface area contributed by atoms with Gasteiger partial charge in [0.05, 0.1) is 25.5 Å². The summed E-state index contributed by atoms with van der Waals surface area (Å²) in [6, 6.07) is 6.86. The maximum absolute atomic E-state index is 13.1. The summed E-state index contributed by atoms with van der Waals surface area (Å²) in [6.45, 7) is 1.45. The van der Waals surface area contributed by atoms with E-state index in [0.717, 1.165) is 11.1 Å². The second kappa shape index (κ2) is 8.17. The molecule has 3 aromatic rings. The quantitative estimate of drug-likeness (QED) is 0.649. The summed E-state index contributed by atoms with van der Waals surface area (Å²) in [5.74, 6) is -0.445. The number of carboxylic acids is 1. The summed E-state index contributed by atoms with van der Waals surface area (Å²) in [4.78, 5) is 30.0. The molecule has 0 aliphatic heterocycles. The fourth-order valence-electron chi connectivity index (χ4n) is 3.15. The van der Waals surface area contributed by atoms with Crippen molar-refractivity contribution < 1.29 is 24.2 Å². The third-order valence-corrected chi connectivity index (χ3v) is 4.51. The molecule has 2 heterocycles. The number of carbonyl (C=O) groups excluding carboxylic acids is 1. The number of aromatic nitrogens is 3. The number of carboxylic acid groups (broad SMARTS) is 1. The molecule has 0 fully saturated rings. The first kappa shape index (κ1) is 20.1. The average molecular weight is 398 g/mol. The molecule has 9 nitrogen and oxygen atoms in total. The molecule has 0 atom stereocenters. The number of ether oxygens (including phenoxy) is 2. The number of nitrogens with zero attached hydrogens (tertiary/aromatic N) is 4. The minimum Gasteiger partial charge on any atom is -0.497 e. The van der Waals surface area contributed by atoms with Crippen LogP contribution in [0.15, 0.2) is 30.5 Å². The third-order valence-electron chi connectivity index (χ3n) is 4.51. The van der Waals surface area contributed by atoms with Crippen molar-refractivity contribution in [1.29, 1.82) is 0 Å². The van der Waals surface area contributed by atoms with Crippen molar-refractivity contribution in [3.05, 3.63) is 47.3 Å². The zero-order chi connectivity index (χ0) is 21.1. The molecule has 0 aliphatic carbocycles. The van der Waals surface area contributed by atoms with Gasteiger partial charge in [-0.1, -0.05) is 0 Å². The van der Waals surface area contributed by atoms with Crippen molar-refractivity contribution in [3.8, 4) is 11.5 Å². The Hall–Kier alpha value is -3.62. The monoisotopic (exact) mass is 398 g/mol. The third kappa shape index (κ3) is 4.29. The van der Waals surface area contributed by atoms with Gasteiger partial charge in [-0.2, -0.15) is 5.10 Å². The standard InChI is InChI=1S/C20H22N4O5/c1-12-17-7-14(9-21-19(17)23(2)22-12)20(27)24(11-18(25)26)10-13-5-15(28-3)8-16(6-13)29-4/h5-9H,10-11H2,1-4H3,(H,25,26). The van der Waals surface area contributed by atoms with E-state index in [4.69, 9.17) is 9.47 Å². The number of pyridine rings is 1. The lowest BCUT2D eigenvalue weighted by molar-refractivity contribution is -0.137. The predicted molar refractivity (Wildman–Crippen MR) is 105 cm³/mol. The lowest BCUT2D eigenvalue weighted by Gasteiger charge is -2.21. The second-order valence-electron chi connectivity index (χ2n) is 6.58. The molecule has 0 spiro atoms. The fourth-order valence-corrected chi connectivity index (χ4v) is 3.15. The van der Waals surface area contributed by atoms with Gasteiger partial charge >= 0.3 is 5.97 Å². The molecule has 0 saturated carbocycles. The number of rotatable bonds is 7. The Kier molecular flexibility index (Phi) is 5.67. The van der Waals surface area contributed by atoms with Crippen LogP contribution in [0.2, 0.25) is 0 Å². The van der Waals surface area contributed by atoms with Gasteiger partial charge in [0.2, 0.25) is 0 Å². The van der Waals surface area contributed by atoms with E-state index in [0.29, 0.717) is 28.3 Å². The SMILES string of the molecule is COc1cc(CN(CC(=O)O)C(=O)c2cnc3c(c2)c(C)nn3C)cc(OC)c1. The Bertz CT molecular complexity index is 1050. The molecular weight excluding hydrogens is 376 g/mol. The van der Waals surface area contributed by atoms with Gasteiger partial charge in [0.1, 0.15) is 18.0 Å². The first-order chi connectivity index (χ1) is 13.8. The second-order valence-corrected chi connectivity index (χ2v) is 6.58. The Morgan fingerprint density at radius 3 is 2.38 bits per heavy atom. The Labute approximate surface area is 167 Å². The van der Waals surface area contributed by atoms with Gasteiger partial charge in [-0.3, -0.25) is 14.3 Å². The van der Waals surface area contributed by atoms with Crippen LogP contribution in [0.3, 0.4) is 0 Å². The number of carbonyl (C=O) groups is 2. The average Bonchev–Trinajstić information content (AvgIpc) is 2.99. The number of hydrogen-bond acceptors (Lipinski definition) is 6. The number of aryl methyl sites for hydroxylation is 2. The molecule has 0 aliphatic rings. The van der Waals surface area contributed by atoms with Crippen LogP contribution in [0.4, 0.5) is 0 Å². The topological polar surface area (TPSA) is 107 Å². The minimum absolute atomic E-state index is 0.0722. The molecule has 0 saturated heterocycles. The van der Waals surface area contributed by atoms with E-state index < -0.39 is 18.4 Å². The highest BCUT2D eigenvalue weighted by Gasteiger charge is 2.21. The molecule has 0 radical (unpaired) electrons. The maximum atomic E-state index is 13.1. The van der Waals surface area contributed by atoms with Crippen LogP contribution in [-0.2, 0) is 18.4 Å². The Morgan fingerprint density at radius 2 is 1.79 bits per heavy atom. The number of fused-ring (bicyclic) bond motifs is 1. The summed E-state index contributed by atoms with van der Waals surface area (Å²) < 4.78 is 12.1. The van der Waals surface area contributed by atoms with E-state index in [1.54, 1.807) is 36.0 Å². The van der Waals surface area contributed by atoms with Gasteiger partial charge in [0.25, 0.3) is 5.91 Å². The number of benzene rings is 1. The number of aliphatic carboxylic acids is 1. The zero-order valence-corrected chi connectivity index (χ0v) is 16.7. The van der Waals surface area contributed by atoms with E-state index in [1.165, 1.54) is 25.3 Å². The van der Waals surface area contributed by atoms with Gasteiger partial charge < -0.3 is 19.5 Å². The molecule has 2 aromatic heterocycles. The molecule has 3 rings (SSSR count). The summed E-state index contributed by atoms with van der Waals surface area (Å²) in [5, 5.41) is 14.4. The smallest absolute Gasteiger partial charge is 0.323 e. The Balaban J connectivity index is 1.95. The van der Waals surface area contributed by atoms with Gasteiger partial charge in [0, 0.05) is 31.2 Å². The largest absolute Gasteiger partial charge is 0.497 e. The van der Waals surface area contributed by atoms with Crippen molar-refractivity contribution in [2.24, 2.45) is 7.05 Å². The molecule has 1 aromatic carbocycles. The van der Waals surface area contributed by atoms with Gasteiger partial charge in [-0.25, -0.2) is 4.98 Å². The molecule has 9 heteroatoms. The van der Waals surface area contributed by atoms with E-state index in [-0.39, 0.29) is 6.54 Å². The molecule has 1 amide bonds. The van der Waals surface area contributed by atoms with Crippen LogP contribution < -0.4 is 9.47 Å². The highest BCUT2D eigenvalue weighted by molar-refractivity contribution is 5.98. The minimum atomic E-state index is -1.11. The fraction of sp³-hybridized carbons (Fsp3) is 0.300. The maximum Gasteiger partial charge on any atom is 0.323 e. The summed E-state index contributed by atoms with van der Waals surface area (Å²) in [6.07, 6.45) is 1.44. The van der Waals surface area contributed by atoms with Crippen molar-refractivity contribution in [3.63, 3.8) is 0 Å².